The molecule has 1 N–H and O–H groups in total. The van der Waals surface area contributed by atoms with Crippen LogP contribution < -0.4 is 4.72 Å². The Bertz CT molecular complexity index is 880. The lowest BCUT2D eigenvalue weighted by Gasteiger charge is -2.18. The summed E-state index contributed by atoms with van der Waals surface area (Å²) >= 11 is 1.55. The summed E-state index contributed by atoms with van der Waals surface area (Å²) in [6, 6.07) is 11.6. The van der Waals surface area contributed by atoms with Crippen molar-refractivity contribution in [2.75, 3.05) is 0 Å². The van der Waals surface area contributed by atoms with Crippen LogP contribution in [0.15, 0.2) is 70.4 Å². The average Bonchev–Trinajstić information content (AvgIpc) is 3.08. The highest BCUT2D eigenvalue weighted by Crippen LogP contribution is 2.21. The SMILES string of the molecule is O=S(=O)(N[C@@H](Cc1ccsc1)c1ccccn1)c1ccc(F)cc1. The van der Waals surface area contributed by atoms with Crippen LogP contribution in [-0.2, 0) is 16.4 Å². The summed E-state index contributed by atoms with van der Waals surface area (Å²) in [4.78, 5) is 4.29. The average molecular weight is 362 g/mol. The van der Waals surface area contributed by atoms with Gasteiger partial charge in [-0.05, 0) is 65.2 Å². The van der Waals surface area contributed by atoms with Crippen LogP contribution in [-0.4, -0.2) is 13.4 Å². The van der Waals surface area contributed by atoms with Crippen molar-refractivity contribution in [3.05, 3.63) is 82.6 Å². The molecule has 4 nitrogen and oxygen atoms in total. The molecule has 0 fully saturated rings. The van der Waals surface area contributed by atoms with Crippen molar-refractivity contribution < 1.29 is 12.8 Å². The second-order valence-electron chi connectivity index (χ2n) is 5.22. The van der Waals surface area contributed by atoms with E-state index in [1.54, 1.807) is 29.7 Å². The third-order valence-electron chi connectivity index (χ3n) is 3.49. The van der Waals surface area contributed by atoms with Crippen LogP contribution >= 0.6 is 11.3 Å². The Morgan fingerprint density at radius 1 is 1.12 bits per heavy atom. The third kappa shape index (κ3) is 4.05. The molecule has 0 radical (unpaired) electrons. The molecule has 0 aliphatic carbocycles. The molecule has 2 aromatic heterocycles. The predicted octanol–water partition coefficient (Wildman–Crippen LogP) is 3.54. The number of pyridine rings is 1. The van der Waals surface area contributed by atoms with Crippen molar-refractivity contribution in [3.8, 4) is 0 Å². The number of halogens is 1. The monoisotopic (exact) mass is 362 g/mol. The van der Waals surface area contributed by atoms with Crippen LogP contribution in [0.4, 0.5) is 4.39 Å². The summed E-state index contributed by atoms with van der Waals surface area (Å²) in [5.74, 6) is -0.478. The number of nitrogens with one attached hydrogen (secondary N) is 1. The Labute approximate surface area is 144 Å². The second kappa shape index (κ2) is 7.21. The van der Waals surface area contributed by atoms with Crippen LogP contribution in [0.2, 0.25) is 0 Å². The molecule has 0 saturated heterocycles. The summed E-state index contributed by atoms with van der Waals surface area (Å²) in [5.41, 5.74) is 1.66. The maximum absolute atomic E-state index is 13.0. The Kier molecular flexibility index (Phi) is 5.03. The van der Waals surface area contributed by atoms with Gasteiger partial charge in [0, 0.05) is 6.20 Å². The Balaban J connectivity index is 1.89. The molecule has 0 saturated carbocycles. The topological polar surface area (TPSA) is 59.1 Å². The minimum Gasteiger partial charge on any atom is -0.260 e. The summed E-state index contributed by atoms with van der Waals surface area (Å²) in [6.07, 6.45) is 2.11. The number of aromatic nitrogens is 1. The van der Waals surface area contributed by atoms with Gasteiger partial charge >= 0.3 is 0 Å². The maximum Gasteiger partial charge on any atom is 0.241 e. The van der Waals surface area contributed by atoms with Gasteiger partial charge in [-0.15, -0.1) is 0 Å². The lowest BCUT2D eigenvalue weighted by Crippen LogP contribution is -2.30. The molecule has 2 heterocycles. The number of hydrogen-bond donors (Lipinski definition) is 1. The van der Waals surface area contributed by atoms with Crippen LogP contribution in [0.25, 0.3) is 0 Å². The molecule has 1 aromatic carbocycles. The zero-order valence-corrected chi connectivity index (χ0v) is 14.2. The Morgan fingerprint density at radius 2 is 1.92 bits per heavy atom. The van der Waals surface area contributed by atoms with Crippen molar-refractivity contribution >= 4 is 21.4 Å². The van der Waals surface area contributed by atoms with E-state index in [1.165, 1.54) is 12.1 Å². The van der Waals surface area contributed by atoms with Crippen LogP contribution in [0.1, 0.15) is 17.3 Å². The number of hydrogen-bond acceptors (Lipinski definition) is 4. The van der Waals surface area contributed by atoms with E-state index in [2.05, 4.69) is 9.71 Å². The van der Waals surface area contributed by atoms with Crippen LogP contribution in [0.5, 0.6) is 0 Å². The van der Waals surface area contributed by atoms with Crippen LogP contribution in [0, 0.1) is 5.82 Å². The summed E-state index contributed by atoms with van der Waals surface area (Å²) in [7, 11) is -3.78. The number of benzene rings is 1. The normalized spacial score (nSPS) is 12.9. The van der Waals surface area contributed by atoms with Gasteiger partial charge in [-0.2, -0.15) is 11.3 Å². The first kappa shape index (κ1) is 16.8. The first-order valence-electron chi connectivity index (χ1n) is 7.24. The van der Waals surface area contributed by atoms with Gasteiger partial charge in [0.15, 0.2) is 0 Å². The van der Waals surface area contributed by atoms with E-state index in [0.717, 1.165) is 17.7 Å². The molecule has 7 heteroatoms. The fourth-order valence-corrected chi connectivity index (χ4v) is 4.19. The van der Waals surface area contributed by atoms with E-state index in [4.69, 9.17) is 0 Å². The molecule has 24 heavy (non-hydrogen) atoms. The molecule has 0 aliphatic rings. The van der Waals surface area contributed by atoms with E-state index < -0.39 is 21.9 Å². The summed E-state index contributed by atoms with van der Waals surface area (Å²) < 4.78 is 40.9. The first-order chi connectivity index (χ1) is 11.5. The number of thiophene rings is 1. The van der Waals surface area contributed by atoms with Crippen molar-refractivity contribution in [3.63, 3.8) is 0 Å². The quantitative estimate of drug-likeness (QED) is 0.730. The first-order valence-corrected chi connectivity index (χ1v) is 9.67. The fourth-order valence-electron chi connectivity index (χ4n) is 2.30. The number of rotatable bonds is 6. The molecular weight excluding hydrogens is 347 g/mol. The van der Waals surface area contributed by atoms with Crippen molar-refractivity contribution in [1.82, 2.24) is 9.71 Å². The van der Waals surface area contributed by atoms with Gasteiger partial charge in [0.1, 0.15) is 5.82 Å². The highest BCUT2D eigenvalue weighted by atomic mass is 32.2. The molecule has 0 amide bonds. The minimum absolute atomic E-state index is 0.0233. The van der Waals surface area contributed by atoms with Crippen LogP contribution in [0.3, 0.4) is 0 Å². The molecule has 3 aromatic rings. The van der Waals surface area contributed by atoms with Crippen molar-refractivity contribution in [2.24, 2.45) is 0 Å². The Hall–Kier alpha value is -2.09. The lowest BCUT2D eigenvalue weighted by atomic mass is 10.1. The van der Waals surface area contributed by atoms with E-state index in [1.807, 2.05) is 22.9 Å². The van der Waals surface area contributed by atoms with Gasteiger partial charge in [-0.1, -0.05) is 6.07 Å². The third-order valence-corrected chi connectivity index (χ3v) is 5.71. The molecule has 0 bridgehead atoms. The molecule has 1 atom stereocenters. The maximum atomic E-state index is 13.0. The van der Waals surface area contributed by atoms with E-state index in [-0.39, 0.29) is 4.90 Å². The lowest BCUT2D eigenvalue weighted by molar-refractivity contribution is 0.549. The number of nitrogens with zero attached hydrogens (tertiary/aromatic N) is 1. The summed E-state index contributed by atoms with van der Waals surface area (Å²) in [5, 5.41) is 3.92. The standard InChI is InChI=1S/C17H15FN2O2S2/c18-14-4-6-15(7-5-14)24(21,22)20-17(11-13-8-10-23-12-13)16-3-1-2-9-19-16/h1-10,12,17,20H,11H2/t17-/m0/s1. The zero-order chi connectivity index (χ0) is 17.0. The summed E-state index contributed by atoms with van der Waals surface area (Å²) in [6.45, 7) is 0. The van der Waals surface area contributed by atoms with Gasteiger partial charge in [0.25, 0.3) is 0 Å². The van der Waals surface area contributed by atoms with Gasteiger partial charge in [0.05, 0.1) is 16.6 Å². The highest BCUT2D eigenvalue weighted by molar-refractivity contribution is 7.89. The smallest absolute Gasteiger partial charge is 0.241 e. The largest absolute Gasteiger partial charge is 0.260 e. The fraction of sp³-hybridized carbons (Fsp3) is 0.118. The molecule has 0 spiro atoms. The molecule has 0 aliphatic heterocycles. The predicted molar refractivity (Wildman–Crippen MR) is 91.7 cm³/mol. The number of sulfonamides is 1. The Morgan fingerprint density at radius 3 is 2.54 bits per heavy atom. The van der Waals surface area contributed by atoms with Gasteiger partial charge in [0.2, 0.25) is 10.0 Å². The molecule has 0 unspecified atom stereocenters. The van der Waals surface area contributed by atoms with Gasteiger partial charge in [-0.25, -0.2) is 17.5 Å². The molecule has 124 valence electrons. The van der Waals surface area contributed by atoms with E-state index in [0.29, 0.717) is 12.1 Å². The van der Waals surface area contributed by atoms with E-state index >= 15 is 0 Å². The van der Waals surface area contributed by atoms with Gasteiger partial charge in [-0.3, -0.25) is 4.98 Å². The zero-order valence-electron chi connectivity index (χ0n) is 12.6. The van der Waals surface area contributed by atoms with E-state index in [9.17, 15) is 12.8 Å². The highest BCUT2D eigenvalue weighted by Gasteiger charge is 2.22. The minimum atomic E-state index is -3.78. The molecule has 3 rings (SSSR count). The second-order valence-corrected chi connectivity index (χ2v) is 7.71. The molecular formula is C17H15FN2O2S2. The van der Waals surface area contributed by atoms with Crippen molar-refractivity contribution in [1.29, 1.82) is 0 Å². The van der Waals surface area contributed by atoms with Gasteiger partial charge < -0.3 is 0 Å². The van der Waals surface area contributed by atoms with Crippen molar-refractivity contribution in [2.45, 2.75) is 17.4 Å².